The van der Waals surface area contributed by atoms with Gasteiger partial charge in [0.25, 0.3) is 0 Å². The molecule has 0 heterocycles. The van der Waals surface area contributed by atoms with Crippen LogP contribution in [-0.4, -0.2) is 13.6 Å². The molecule has 0 aliphatic heterocycles. The SMILES string of the molecule is CNCC(c1c(F)cccc1Cl)C1CCCCCC1. The number of rotatable bonds is 4. The van der Waals surface area contributed by atoms with Gasteiger partial charge in [-0.15, -0.1) is 0 Å². The maximum Gasteiger partial charge on any atom is 0.128 e. The van der Waals surface area contributed by atoms with E-state index in [0.717, 1.165) is 6.54 Å². The Hall–Kier alpha value is -0.600. The van der Waals surface area contributed by atoms with Crippen molar-refractivity contribution in [3.8, 4) is 0 Å². The zero-order valence-electron chi connectivity index (χ0n) is 11.6. The first-order valence-electron chi connectivity index (χ1n) is 7.32. The summed E-state index contributed by atoms with van der Waals surface area (Å²) in [7, 11) is 1.93. The van der Waals surface area contributed by atoms with Crippen LogP contribution in [0.3, 0.4) is 0 Å². The molecule has 1 fully saturated rings. The lowest BCUT2D eigenvalue weighted by Gasteiger charge is -2.27. The van der Waals surface area contributed by atoms with Crippen LogP contribution in [0, 0.1) is 11.7 Å². The fourth-order valence-electron chi connectivity index (χ4n) is 3.30. The number of nitrogens with one attached hydrogen (secondary N) is 1. The first kappa shape index (κ1) is 14.8. The molecule has 0 spiro atoms. The normalized spacial score (nSPS) is 19.1. The molecule has 3 heteroatoms. The highest BCUT2D eigenvalue weighted by Crippen LogP contribution is 2.38. The third kappa shape index (κ3) is 3.70. The summed E-state index contributed by atoms with van der Waals surface area (Å²) < 4.78 is 14.2. The van der Waals surface area contributed by atoms with Gasteiger partial charge in [0.2, 0.25) is 0 Å². The molecule has 1 nitrogen and oxygen atoms in total. The second kappa shape index (κ2) is 7.25. The Morgan fingerprint density at radius 1 is 1.26 bits per heavy atom. The van der Waals surface area contributed by atoms with Gasteiger partial charge >= 0.3 is 0 Å². The van der Waals surface area contributed by atoms with Crippen molar-refractivity contribution in [2.45, 2.75) is 44.4 Å². The highest BCUT2D eigenvalue weighted by atomic mass is 35.5. The molecular formula is C16H23ClFN. The smallest absolute Gasteiger partial charge is 0.128 e. The molecule has 0 radical (unpaired) electrons. The van der Waals surface area contributed by atoms with E-state index in [4.69, 9.17) is 11.6 Å². The summed E-state index contributed by atoms with van der Waals surface area (Å²) in [5.41, 5.74) is 0.713. The van der Waals surface area contributed by atoms with Crippen LogP contribution in [0.4, 0.5) is 4.39 Å². The average Bonchev–Trinajstić information content (AvgIpc) is 2.66. The quantitative estimate of drug-likeness (QED) is 0.786. The van der Waals surface area contributed by atoms with Gasteiger partial charge in [-0.05, 0) is 37.9 Å². The van der Waals surface area contributed by atoms with Gasteiger partial charge in [0.1, 0.15) is 5.82 Å². The van der Waals surface area contributed by atoms with E-state index in [1.54, 1.807) is 12.1 Å². The summed E-state index contributed by atoms with van der Waals surface area (Å²) in [6.45, 7) is 0.797. The Morgan fingerprint density at radius 3 is 2.53 bits per heavy atom. The Bertz CT molecular complexity index is 379. The summed E-state index contributed by atoms with van der Waals surface area (Å²) in [6.07, 6.45) is 7.53. The van der Waals surface area contributed by atoms with Crippen LogP contribution in [0.1, 0.15) is 50.0 Å². The van der Waals surface area contributed by atoms with Crippen LogP contribution >= 0.6 is 11.6 Å². The molecule has 1 saturated carbocycles. The number of halogens is 2. The zero-order valence-corrected chi connectivity index (χ0v) is 12.3. The molecule has 1 aromatic carbocycles. The molecule has 1 unspecified atom stereocenters. The predicted molar refractivity (Wildman–Crippen MR) is 79.3 cm³/mol. The molecule has 1 N–H and O–H groups in total. The van der Waals surface area contributed by atoms with E-state index in [9.17, 15) is 4.39 Å². The largest absolute Gasteiger partial charge is 0.319 e. The van der Waals surface area contributed by atoms with Crippen molar-refractivity contribution in [2.24, 2.45) is 5.92 Å². The standard InChI is InChI=1S/C16H23ClFN/c1-19-11-13(12-7-4-2-3-5-8-12)16-14(17)9-6-10-15(16)18/h6,9-10,12-13,19H,2-5,7-8,11H2,1H3. The van der Waals surface area contributed by atoms with Crippen molar-refractivity contribution < 1.29 is 4.39 Å². The lowest BCUT2D eigenvalue weighted by Crippen LogP contribution is -2.25. The van der Waals surface area contributed by atoms with Gasteiger partial charge in [0, 0.05) is 23.0 Å². The minimum Gasteiger partial charge on any atom is -0.319 e. The molecule has 2 rings (SSSR count). The molecule has 19 heavy (non-hydrogen) atoms. The second-order valence-corrected chi connectivity index (χ2v) is 5.96. The molecular weight excluding hydrogens is 261 g/mol. The van der Waals surface area contributed by atoms with E-state index >= 15 is 0 Å². The fourth-order valence-corrected chi connectivity index (χ4v) is 3.61. The molecule has 0 aromatic heterocycles. The van der Waals surface area contributed by atoms with Crippen LogP contribution in [0.2, 0.25) is 5.02 Å². The van der Waals surface area contributed by atoms with Crippen LogP contribution in [0.15, 0.2) is 18.2 Å². The van der Waals surface area contributed by atoms with Crippen LogP contribution in [0.25, 0.3) is 0 Å². The van der Waals surface area contributed by atoms with Gasteiger partial charge in [-0.3, -0.25) is 0 Å². The molecule has 1 atom stereocenters. The number of likely N-dealkylation sites (N-methyl/N-ethyl adjacent to an activating group) is 1. The average molecular weight is 284 g/mol. The van der Waals surface area contributed by atoms with Crippen molar-refractivity contribution in [2.75, 3.05) is 13.6 Å². The maximum absolute atomic E-state index is 14.2. The van der Waals surface area contributed by atoms with Gasteiger partial charge in [0.05, 0.1) is 0 Å². The molecule has 1 aliphatic rings. The Labute approximate surface area is 120 Å². The van der Waals surface area contributed by atoms with Crippen LogP contribution < -0.4 is 5.32 Å². The molecule has 1 aliphatic carbocycles. The fraction of sp³-hybridized carbons (Fsp3) is 0.625. The minimum absolute atomic E-state index is 0.156. The lowest BCUT2D eigenvalue weighted by atomic mass is 9.81. The highest BCUT2D eigenvalue weighted by molar-refractivity contribution is 6.31. The van der Waals surface area contributed by atoms with Crippen molar-refractivity contribution in [1.82, 2.24) is 5.32 Å². The molecule has 0 saturated heterocycles. The second-order valence-electron chi connectivity index (χ2n) is 5.55. The molecule has 1 aromatic rings. The summed E-state index contributed by atoms with van der Waals surface area (Å²) in [5.74, 6) is 0.582. The maximum atomic E-state index is 14.2. The molecule has 0 amide bonds. The third-order valence-corrected chi connectivity index (χ3v) is 4.59. The van der Waals surface area contributed by atoms with Gasteiger partial charge in [-0.25, -0.2) is 4.39 Å². The highest BCUT2D eigenvalue weighted by Gasteiger charge is 2.27. The minimum atomic E-state index is -0.156. The molecule has 0 bridgehead atoms. The summed E-state index contributed by atoms with van der Waals surface area (Å²) in [4.78, 5) is 0. The number of hydrogen-bond acceptors (Lipinski definition) is 1. The van der Waals surface area contributed by atoms with E-state index in [0.29, 0.717) is 16.5 Å². The van der Waals surface area contributed by atoms with E-state index < -0.39 is 0 Å². The topological polar surface area (TPSA) is 12.0 Å². The van der Waals surface area contributed by atoms with Crippen molar-refractivity contribution in [1.29, 1.82) is 0 Å². The third-order valence-electron chi connectivity index (χ3n) is 4.26. The summed E-state index contributed by atoms with van der Waals surface area (Å²) in [6, 6.07) is 5.02. The number of benzene rings is 1. The first-order chi connectivity index (χ1) is 9.24. The van der Waals surface area contributed by atoms with Gasteiger partial charge < -0.3 is 5.32 Å². The van der Waals surface area contributed by atoms with Crippen LogP contribution in [0.5, 0.6) is 0 Å². The number of hydrogen-bond donors (Lipinski definition) is 1. The first-order valence-corrected chi connectivity index (χ1v) is 7.70. The summed E-state index contributed by atoms with van der Waals surface area (Å²) in [5, 5.41) is 3.79. The Balaban J connectivity index is 2.27. The summed E-state index contributed by atoms with van der Waals surface area (Å²) >= 11 is 6.25. The predicted octanol–water partition coefficient (Wildman–Crippen LogP) is 4.75. The molecule has 106 valence electrons. The van der Waals surface area contributed by atoms with E-state index in [-0.39, 0.29) is 11.7 Å². The van der Waals surface area contributed by atoms with Gasteiger partial charge in [0.15, 0.2) is 0 Å². The Morgan fingerprint density at radius 2 is 1.95 bits per heavy atom. The van der Waals surface area contributed by atoms with Crippen LogP contribution in [-0.2, 0) is 0 Å². The van der Waals surface area contributed by atoms with E-state index in [1.807, 2.05) is 7.05 Å². The zero-order chi connectivity index (χ0) is 13.7. The monoisotopic (exact) mass is 283 g/mol. The van der Waals surface area contributed by atoms with Crippen molar-refractivity contribution in [3.63, 3.8) is 0 Å². The Kier molecular flexibility index (Phi) is 5.65. The van der Waals surface area contributed by atoms with E-state index in [2.05, 4.69) is 5.32 Å². The van der Waals surface area contributed by atoms with E-state index in [1.165, 1.54) is 44.6 Å². The van der Waals surface area contributed by atoms with Crippen molar-refractivity contribution >= 4 is 11.6 Å². The van der Waals surface area contributed by atoms with Crippen molar-refractivity contribution in [3.05, 3.63) is 34.6 Å². The van der Waals surface area contributed by atoms with Gasteiger partial charge in [-0.1, -0.05) is 43.4 Å². The van der Waals surface area contributed by atoms with Gasteiger partial charge in [-0.2, -0.15) is 0 Å². The lowest BCUT2D eigenvalue weighted by molar-refractivity contribution is 0.359.